The third-order valence-corrected chi connectivity index (χ3v) is 6.14. The van der Waals surface area contributed by atoms with Crippen molar-refractivity contribution in [3.8, 4) is 11.3 Å². The highest BCUT2D eigenvalue weighted by Crippen LogP contribution is 2.28. The molecule has 166 valence electrons. The van der Waals surface area contributed by atoms with E-state index in [0.29, 0.717) is 46.8 Å². The van der Waals surface area contributed by atoms with Gasteiger partial charge in [-0.1, -0.05) is 11.6 Å². The zero-order valence-corrected chi connectivity index (χ0v) is 18.1. The number of pyridine rings is 1. The van der Waals surface area contributed by atoms with Gasteiger partial charge >= 0.3 is 0 Å². The number of nitrogens with one attached hydrogen (secondary N) is 2. The minimum Gasteiger partial charge on any atom is -0.381 e. The quantitative estimate of drug-likeness (QED) is 0.674. The second-order valence-electron chi connectivity index (χ2n) is 8.21. The van der Waals surface area contributed by atoms with Gasteiger partial charge < -0.3 is 15.4 Å². The molecule has 2 saturated heterocycles. The summed E-state index contributed by atoms with van der Waals surface area (Å²) < 4.78 is 19.0. The highest BCUT2D eigenvalue weighted by atomic mass is 35.5. The van der Waals surface area contributed by atoms with Crippen molar-refractivity contribution in [2.24, 2.45) is 11.8 Å². The van der Waals surface area contributed by atoms with Crippen molar-refractivity contribution in [2.45, 2.75) is 31.9 Å². The first kappa shape index (κ1) is 22.0. The zero-order chi connectivity index (χ0) is 21.6. The molecular weight excluding hydrogens is 421 g/mol. The summed E-state index contributed by atoms with van der Waals surface area (Å²) in [5, 5.41) is 6.76. The molecule has 7 nitrogen and oxygen atoms in total. The van der Waals surface area contributed by atoms with Crippen molar-refractivity contribution in [1.82, 2.24) is 20.3 Å². The number of carbonyl (C=O) groups is 1. The van der Waals surface area contributed by atoms with E-state index in [0.717, 1.165) is 32.6 Å². The van der Waals surface area contributed by atoms with Gasteiger partial charge in [-0.2, -0.15) is 0 Å². The molecule has 0 bridgehead atoms. The van der Waals surface area contributed by atoms with E-state index in [1.165, 1.54) is 6.20 Å². The molecule has 0 radical (unpaired) electrons. The number of ether oxygens (including phenoxy) is 1. The van der Waals surface area contributed by atoms with Crippen molar-refractivity contribution in [2.75, 3.05) is 38.2 Å². The summed E-state index contributed by atoms with van der Waals surface area (Å²) in [4.78, 5) is 25.8. The Morgan fingerprint density at radius 3 is 2.90 bits per heavy atom. The van der Waals surface area contributed by atoms with E-state index in [9.17, 15) is 9.18 Å². The minimum absolute atomic E-state index is 0.0198. The number of hydrogen-bond acceptors (Lipinski definition) is 7. The number of rotatable bonds is 7. The molecule has 31 heavy (non-hydrogen) atoms. The summed E-state index contributed by atoms with van der Waals surface area (Å²) in [5.74, 6) is 0.882. The van der Waals surface area contributed by atoms with Crippen LogP contribution in [0.3, 0.4) is 0 Å². The van der Waals surface area contributed by atoms with Crippen LogP contribution in [0.1, 0.15) is 25.0 Å². The van der Waals surface area contributed by atoms with E-state index < -0.39 is 6.17 Å². The van der Waals surface area contributed by atoms with Crippen LogP contribution in [0.5, 0.6) is 0 Å². The largest absolute Gasteiger partial charge is 0.381 e. The van der Waals surface area contributed by atoms with E-state index >= 15 is 0 Å². The van der Waals surface area contributed by atoms with Gasteiger partial charge in [0.15, 0.2) is 0 Å². The Hall–Kier alpha value is -2.16. The molecule has 2 aliphatic rings. The fourth-order valence-electron chi connectivity index (χ4n) is 4.01. The number of aromatic nitrogens is 3. The predicted molar refractivity (Wildman–Crippen MR) is 117 cm³/mol. The van der Waals surface area contributed by atoms with E-state index in [1.807, 2.05) is 0 Å². The number of alkyl halides is 1. The van der Waals surface area contributed by atoms with Crippen LogP contribution in [0.4, 0.5) is 10.2 Å². The maximum absolute atomic E-state index is 13.6. The van der Waals surface area contributed by atoms with Gasteiger partial charge in [0.2, 0.25) is 0 Å². The highest BCUT2D eigenvalue weighted by molar-refractivity contribution is 6.33. The molecule has 2 aromatic heterocycles. The standard InChI is InChI=1S/C22H27ClFN5O2/c23-19-11-27-17(7-21(30)15-5-16(24)10-25-9-15)6-18(19)20-12-26-13-22(29-20)28-8-14-1-3-31-4-2-14/h6,11-16,25H,1-5,7-10H2,(H,28,29)/t15-,16+/m1/s1. The molecule has 2 N–H and O–H groups in total. The smallest absolute Gasteiger partial charge is 0.145 e. The number of Topliss-reactive ketones (excluding diaryl/α,β-unsaturated/α-hetero) is 1. The normalized spacial score (nSPS) is 22.3. The monoisotopic (exact) mass is 447 g/mol. The first-order valence-corrected chi connectivity index (χ1v) is 11.1. The third-order valence-electron chi connectivity index (χ3n) is 5.84. The molecule has 0 spiro atoms. The number of piperidine rings is 1. The second kappa shape index (κ2) is 10.4. The van der Waals surface area contributed by atoms with Gasteiger partial charge in [-0.25, -0.2) is 9.37 Å². The Kier molecular flexibility index (Phi) is 7.42. The Labute approximate surface area is 186 Å². The molecule has 2 aliphatic heterocycles. The zero-order valence-electron chi connectivity index (χ0n) is 17.3. The van der Waals surface area contributed by atoms with Gasteiger partial charge in [0.05, 0.1) is 23.1 Å². The lowest BCUT2D eigenvalue weighted by atomic mass is 9.91. The molecule has 2 fully saturated rings. The molecule has 0 aliphatic carbocycles. The Balaban J connectivity index is 1.44. The molecule has 0 unspecified atom stereocenters. The SMILES string of the molecule is O=C(Cc1cc(-c2cncc(NCC3CCOCC3)n2)c(Cl)cn1)[C@H]1CNC[C@@H](F)C1. The minimum atomic E-state index is -0.983. The Morgan fingerprint density at radius 1 is 1.26 bits per heavy atom. The van der Waals surface area contributed by atoms with E-state index in [-0.39, 0.29) is 24.5 Å². The van der Waals surface area contributed by atoms with Gasteiger partial charge in [-0.3, -0.25) is 14.8 Å². The second-order valence-corrected chi connectivity index (χ2v) is 8.62. The maximum Gasteiger partial charge on any atom is 0.145 e. The number of ketones is 1. The summed E-state index contributed by atoms with van der Waals surface area (Å²) in [6, 6.07) is 1.77. The van der Waals surface area contributed by atoms with Crippen LogP contribution in [-0.2, 0) is 16.0 Å². The fourth-order valence-corrected chi connectivity index (χ4v) is 4.21. The molecule has 2 atom stereocenters. The van der Waals surface area contributed by atoms with Crippen molar-refractivity contribution in [3.05, 3.63) is 35.4 Å². The van der Waals surface area contributed by atoms with Gasteiger partial charge in [-0.15, -0.1) is 0 Å². The van der Waals surface area contributed by atoms with Crippen molar-refractivity contribution < 1.29 is 13.9 Å². The lowest BCUT2D eigenvalue weighted by Gasteiger charge is -2.24. The average Bonchev–Trinajstić information content (AvgIpc) is 2.80. The first-order valence-electron chi connectivity index (χ1n) is 10.7. The fraction of sp³-hybridized carbons (Fsp3) is 0.545. The molecular formula is C22H27ClFN5O2. The van der Waals surface area contributed by atoms with Gasteiger partial charge in [-0.05, 0) is 31.2 Å². The van der Waals surface area contributed by atoms with Crippen LogP contribution >= 0.6 is 11.6 Å². The molecule has 0 saturated carbocycles. The number of anilines is 1. The molecule has 4 heterocycles. The summed E-state index contributed by atoms with van der Waals surface area (Å²) in [7, 11) is 0. The van der Waals surface area contributed by atoms with Crippen LogP contribution in [-0.4, -0.2) is 59.8 Å². The number of nitrogens with zero attached hydrogens (tertiary/aromatic N) is 3. The van der Waals surface area contributed by atoms with Crippen molar-refractivity contribution in [3.63, 3.8) is 0 Å². The Morgan fingerprint density at radius 2 is 2.10 bits per heavy atom. The van der Waals surface area contributed by atoms with Gasteiger partial charge in [0.1, 0.15) is 17.8 Å². The summed E-state index contributed by atoms with van der Waals surface area (Å²) in [5.41, 5.74) is 1.88. The summed E-state index contributed by atoms with van der Waals surface area (Å²) in [6.45, 7) is 3.23. The molecule has 4 rings (SSSR count). The molecule has 0 aromatic carbocycles. The van der Waals surface area contributed by atoms with Crippen LogP contribution < -0.4 is 10.6 Å². The molecule has 2 aromatic rings. The molecule has 9 heteroatoms. The van der Waals surface area contributed by atoms with E-state index in [2.05, 4.69) is 25.6 Å². The lowest BCUT2D eigenvalue weighted by Crippen LogP contribution is -2.41. The topological polar surface area (TPSA) is 89.0 Å². The first-order chi connectivity index (χ1) is 15.1. The summed E-state index contributed by atoms with van der Waals surface area (Å²) >= 11 is 6.38. The van der Waals surface area contributed by atoms with Crippen LogP contribution in [0, 0.1) is 11.8 Å². The number of carbonyl (C=O) groups excluding carboxylic acids is 1. The Bertz CT molecular complexity index is 909. The third kappa shape index (κ3) is 5.96. The van der Waals surface area contributed by atoms with E-state index in [4.69, 9.17) is 16.3 Å². The van der Waals surface area contributed by atoms with Crippen LogP contribution in [0.25, 0.3) is 11.3 Å². The lowest BCUT2D eigenvalue weighted by molar-refractivity contribution is -0.123. The molecule has 0 amide bonds. The van der Waals surface area contributed by atoms with Crippen LogP contribution in [0.15, 0.2) is 24.7 Å². The maximum atomic E-state index is 13.6. The van der Waals surface area contributed by atoms with Crippen molar-refractivity contribution in [1.29, 1.82) is 0 Å². The van der Waals surface area contributed by atoms with E-state index in [1.54, 1.807) is 18.5 Å². The summed E-state index contributed by atoms with van der Waals surface area (Å²) in [6.07, 6.45) is 6.35. The van der Waals surface area contributed by atoms with Crippen molar-refractivity contribution >= 4 is 23.2 Å². The van der Waals surface area contributed by atoms with Gasteiger partial charge in [0.25, 0.3) is 0 Å². The number of hydrogen-bond donors (Lipinski definition) is 2. The van der Waals surface area contributed by atoms with Gasteiger partial charge in [0, 0.05) is 62.6 Å². The van der Waals surface area contributed by atoms with Crippen LogP contribution in [0.2, 0.25) is 5.02 Å². The number of halogens is 2. The average molecular weight is 448 g/mol. The highest BCUT2D eigenvalue weighted by Gasteiger charge is 2.27. The predicted octanol–water partition coefficient (Wildman–Crippen LogP) is 3.09.